The summed E-state index contributed by atoms with van der Waals surface area (Å²) >= 11 is 0. The molecule has 0 spiro atoms. The van der Waals surface area contributed by atoms with Crippen LogP contribution in [0.3, 0.4) is 0 Å². The fraction of sp³-hybridized carbons (Fsp3) is 0.235. The number of hydrogen-bond donors (Lipinski definition) is 1. The van der Waals surface area contributed by atoms with Gasteiger partial charge in [0.25, 0.3) is 0 Å². The summed E-state index contributed by atoms with van der Waals surface area (Å²) in [5.74, 6) is 0. The van der Waals surface area contributed by atoms with Crippen molar-refractivity contribution in [2.24, 2.45) is 0 Å². The number of nitrogens with one attached hydrogen (secondary N) is 1. The summed E-state index contributed by atoms with van der Waals surface area (Å²) in [6.07, 6.45) is 3.03. The van der Waals surface area contributed by atoms with Crippen LogP contribution in [-0.2, 0) is 6.42 Å². The molecule has 1 aromatic heterocycles. The van der Waals surface area contributed by atoms with E-state index in [9.17, 15) is 0 Å². The first-order valence-electron chi connectivity index (χ1n) is 6.91. The molecule has 3 aromatic rings. The van der Waals surface area contributed by atoms with Gasteiger partial charge in [0.05, 0.1) is 5.52 Å². The number of benzene rings is 2. The predicted octanol–water partition coefficient (Wildman–Crippen LogP) is 3.33. The van der Waals surface area contributed by atoms with Crippen molar-refractivity contribution in [2.75, 3.05) is 20.6 Å². The minimum atomic E-state index is 1.02. The van der Waals surface area contributed by atoms with Gasteiger partial charge in [-0.2, -0.15) is 5.10 Å². The highest BCUT2D eigenvalue weighted by molar-refractivity contribution is 5.95. The van der Waals surface area contributed by atoms with Crippen molar-refractivity contribution in [3.8, 4) is 11.1 Å². The Labute approximate surface area is 119 Å². The van der Waals surface area contributed by atoms with Gasteiger partial charge in [-0.1, -0.05) is 36.4 Å². The minimum absolute atomic E-state index is 1.02. The van der Waals surface area contributed by atoms with Crippen molar-refractivity contribution < 1.29 is 0 Å². The van der Waals surface area contributed by atoms with E-state index in [-0.39, 0.29) is 0 Å². The van der Waals surface area contributed by atoms with Gasteiger partial charge < -0.3 is 4.90 Å². The molecular formula is C17H19N3. The summed E-state index contributed by atoms with van der Waals surface area (Å²) in [7, 11) is 4.22. The number of hydrogen-bond acceptors (Lipinski definition) is 2. The van der Waals surface area contributed by atoms with E-state index >= 15 is 0 Å². The molecule has 0 aliphatic rings. The summed E-state index contributed by atoms with van der Waals surface area (Å²) in [4.78, 5) is 2.22. The van der Waals surface area contributed by atoms with E-state index in [0.29, 0.717) is 0 Å². The standard InChI is InChI=1S/C17H19N3/c1-20(2)11-10-13-6-3-4-7-14(13)15-8-5-9-17-16(15)12-18-19-17/h3-9,12H,10-11H2,1-2H3,(H,18,19). The van der Waals surface area contributed by atoms with E-state index in [1.165, 1.54) is 22.1 Å². The molecule has 20 heavy (non-hydrogen) atoms. The second kappa shape index (κ2) is 5.47. The summed E-state index contributed by atoms with van der Waals surface area (Å²) in [6.45, 7) is 1.05. The number of H-pyrrole nitrogens is 1. The van der Waals surface area contributed by atoms with Crippen LogP contribution in [0, 0.1) is 0 Å². The fourth-order valence-electron chi connectivity index (χ4n) is 2.55. The highest BCUT2D eigenvalue weighted by Gasteiger charge is 2.09. The second-order valence-corrected chi connectivity index (χ2v) is 5.33. The largest absolute Gasteiger partial charge is 0.309 e. The molecule has 0 saturated heterocycles. The Kier molecular flexibility index (Phi) is 3.52. The maximum Gasteiger partial charge on any atom is 0.0927 e. The molecule has 3 nitrogen and oxygen atoms in total. The van der Waals surface area contributed by atoms with Gasteiger partial charge in [-0.15, -0.1) is 0 Å². The van der Waals surface area contributed by atoms with Gasteiger partial charge in [0.15, 0.2) is 0 Å². The Bertz CT molecular complexity index is 713. The summed E-state index contributed by atoms with van der Waals surface area (Å²) < 4.78 is 0. The van der Waals surface area contributed by atoms with Gasteiger partial charge in [0.1, 0.15) is 0 Å². The van der Waals surface area contributed by atoms with Crippen LogP contribution < -0.4 is 0 Å². The number of rotatable bonds is 4. The molecule has 0 unspecified atom stereocenters. The highest BCUT2D eigenvalue weighted by Crippen LogP contribution is 2.30. The average Bonchev–Trinajstić information content (AvgIpc) is 2.93. The summed E-state index contributed by atoms with van der Waals surface area (Å²) in [5.41, 5.74) is 4.96. The molecular weight excluding hydrogens is 246 g/mol. The van der Waals surface area contributed by atoms with Crippen LogP contribution in [0.15, 0.2) is 48.7 Å². The third-order valence-electron chi connectivity index (χ3n) is 3.61. The molecule has 0 aliphatic carbocycles. The monoisotopic (exact) mass is 265 g/mol. The lowest BCUT2D eigenvalue weighted by Crippen LogP contribution is -2.15. The van der Waals surface area contributed by atoms with E-state index < -0.39 is 0 Å². The molecule has 0 amide bonds. The fourth-order valence-corrected chi connectivity index (χ4v) is 2.55. The van der Waals surface area contributed by atoms with Crippen LogP contribution in [-0.4, -0.2) is 35.7 Å². The highest BCUT2D eigenvalue weighted by atomic mass is 15.1. The third-order valence-corrected chi connectivity index (χ3v) is 3.61. The molecule has 0 bridgehead atoms. The number of aromatic amines is 1. The maximum absolute atomic E-state index is 4.28. The quantitative estimate of drug-likeness (QED) is 0.784. The van der Waals surface area contributed by atoms with Crippen molar-refractivity contribution in [1.29, 1.82) is 0 Å². The lowest BCUT2D eigenvalue weighted by Gasteiger charge is -2.13. The molecule has 0 radical (unpaired) electrons. The Morgan fingerprint density at radius 2 is 1.80 bits per heavy atom. The van der Waals surface area contributed by atoms with Crippen LogP contribution in [0.5, 0.6) is 0 Å². The molecule has 0 fully saturated rings. The zero-order valence-corrected chi connectivity index (χ0v) is 11.9. The first kappa shape index (κ1) is 12.9. The van der Waals surface area contributed by atoms with Crippen LogP contribution in [0.25, 0.3) is 22.0 Å². The third kappa shape index (κ3) is 2.45. The predicted molar refractivity (Wildman–Crippen MR) is 83.8 cm³/mol. The lowest BCUT2D eigenvalue weighted by atomic mass is 9.95. The summed E-state index contributed by atoms with van der Waals surface area (Å²) in [6, 6.07) is 14.9. The second-order valence-electron chi connectivity index (χ2n) is 5.33. The van der Waals surface area contributed by atoms with Gasteiger partial charge >= 0.3 is 0 Å². The smallest absolute Gasteiger partial charge is 0.0927 e. The van der Waals surface area contributed by atoms with Gasteiger partial charge in [0.2, 0.25) is 0 Å². The molecule has 102 valence electrons. The molecule has 3 rings (SSSR count). The van der Waals surface area contributed by atoms with Gasteiger partial charge in [-0.3, -0.25) is 5.10 Å². The topological polar surface area (TPSA) is 31.9 Å². The van der Waals surface area contributed by atoms with Crippen LogP contribution in [0.2, 0.25) is 0 Å². The average molecular weight is 265 g/mol. The molecule has 0 aliphatic heterocycles. The van der Waals surface area contributed by atoms with Gasteiger partial charge in [0, 0.05) is 18.1 Å². The number of nitrogens with zero attached hydrogens (tertiary/aromatic N) is 2. The zero-order valence-electron chi connectivity index (χ0n) is 11.9. The molecule has 1 heterocycles. The molecule has 3 heteroatoms. The van der Waals surface area contributed by atoms with Crippen molar-refractivity contribution in [3.63, 3.8) is 0 Å². The van der Waals surface area contributed by atoms with E-state index in [1.54, 1.807) is 0 Å². The normalized spacial score (nSPS) is 11.3. The number of fused-ring (bicyclic) bond motifs is 1. The van der Waals surface area contributed by atoms with Crippen LogP contribution in [0.1, 0.15) is 5.56 Å². The molecule has 0 atom stereocenters. The van der Waals surface area contributed by atoms with Crippen molar-refractivity contribution in [2.45, 2.75) is 6.42 Å². The van der Waals surface area contributed by atoms with Crippen LogP contribution >= 0.6 is 0 Å². The maximum atomic E-state index is 4.28. The Morgan fingerprint density at radius 1 is 1.00 bits per heavy atom. The van der Waals surface area contributed by atoms with Crippen molar-refractivity contribution >= 4 is 10.9 Å². The number of aromatic nitrogens is 2. The van der Waals surface area contributed by atoms with Gasteiger partial charge in [-0.05, 0) is 43.3 Å². The van der Waals surface area contributed by atoms with E-state index in [2.05, 4.69) is 65.6 Å². The lowest BCUT2D eigenvalue weighted by molar-refractivity contribution is 0.414. The Morgan fingerprint density at radius 3 is 2.65 bits per heavy atom. The zero-order chi connectivity index (χ0) is 13.9. The molecule has 2 aromatic carbocycles. The Balaban J connectivity index is 2.07. The SMILES string of the molecule is CN(C)CCc1ccccc1-c1cccc2n[nH]cc12. The first-order valence-corrected chi connectivity index (χ1v) is 6.91. The summed E-state index contributed by atoms with van der Waals surface area (Å²) in [5, 5.41) is 8.42. The molecule has 1 N–H and O–H groups in total. The Hall–Kier alpha value is -2.13. The van der Waals surface area contributed by atoms with E-state index in [1.807, 2.05) is 12.3 Å². The van der Waals surface area contributed by atoms with E-state index in [0.717, 1.165) is 18.5 Å². The molecule has 0 saturated carbocycles. The van der Waals surface area contributed by atoms with Crippen LogP contribution in [0.4, 0.5) is 0 Å². The van der Waals surface area contributed by atoms with Crippen molar-refractivity contribution in [1.82, 2.24) is 15.1 Å². The first-order chi connectivity index (χ1) is 9.75. The minimum Gasteiger partial charge on any atom is -0.309 e. The number of likely N-dealkylation sites (N-methyl/N-ethyl adjacent to an activating group) is 1. The van der Waals surface area contributed by atoms with Gasteiger partial charge in [-0.25, -0.2) is 0 Å². The van der Waals surface area contributed by atoms with E-state index in [4.69, 9.17) is 0 Å². The van der Waals surface area contributed by atoms with Crippen molar-refractivity contribution in [3.05, 3.63) is 54.2 Å².